The van der Waals surface area contributed by atoms with Gasteiger partial charge >= 0.3 is 0 Å². The van der Waals surface area contributed by atoms with Gasteiger partial charge in [0.25, 0.3) is 20.2 Å². The lowest BCUT2D eigenvalue weighted by molar-refractivity contribution is -0.355. The van der Waals surface area contributed by atoms with Crippen molar-refractivity contribution >= 4 is 20.2 Å². The van der Waals surface area contributed by atoms with E-state index in [1.807, 2.05) is 62.4 Å². The third-order valence-corrected chi connectivity index (χ3v) is 10.4. The van der Waals surface area contributed by atoms with Crippen LogP contribution in [0.5, 0.6) is 0 Å². The predicted molar refractivity (Wildman–Crippen MR) is 166 cm³/mol. The van der Waals surface area contributed by atoms with Crippen LogP contribution >= 0.6 is 0 Å². The van der Waals surface area contributed by atoms with Crippen molar-refractivity contribution in [3.05, 3.63) is 131 Å². The van der Waals surface area contributed by atoms with Gasteiger partial charge in [-0.15, -0.1) is 0 Å². The van der Waals surface area contributed by atoms with Crippen molar-refractivity contribution < 1.29 is 44.1 Å². The van der Waals surface area contributed by atoms with Crippen LogP contribution in [0.2, 0.25) is 0 Å². The van der Waals surface area contributed by atoms with Crippen LogP contribution in [0.4, 0.5) is 0 Å². The molecule has 0 aromatic heterocycles. The normalized spacial score (nSPS) is 25.1. The van der Waals surface area contributed by atoms with Crippen molar-refractivity contribution in [2.45, 2.75) is 67.2 Å². The minimum Gasteiger partial charge on any atom is -0.346 e. The van der Waals surface area contributed by atoms with Crippen LogP contribution < -0.4 is 0 Å². The van der Waals surface area contributed by atoms with E-state index in [0.717, 1.165) is 16.7 Å². The maximum absolute atomic E-state index is 13.7. The molecule has 0 bridgehead atoms. The molecule has 46 heavy (non-hydrogen) atoms. The van der Waals surface area contributed by atoms with Gasteiger partial charge in [0.1, 0.15) is 18.3 Å². The molecule has 0 N–H and O–H groups in total. The van der Waals surface area contributed by atoms with Gasteiger partial charge in [-0.2, -0.15) is 16.8 Å². The number of ether oxygens (including phenoxy) is 4. The number of aryl methyl sites for hydroxylation is 2. The Morgan fingerprint density at radius 1 is 0.652 bits per heavy atom. The van der Waals surface area contributed by atoms with Crippen molar-refractivity contribution in [2.24, 2.45) is 0 Å². The van der Waals surface area contributed by atoms with E-state index in [2.05, 4.69) is 0 Å². The third kappa shape index (κ3) is 7.40. The Balaban J connectivity index is 1.40. The molecule has 242 valence electrons. The zero-order chi connectivity index (χ0) is 32.3. The van der Waals surface area contributed by atoms with E-state index in [9.17, 15) is 16.8 Å². The van der Waals surface area contributed by atoms with Crippen molar-refractivity contribution in [1.29, 1.82) is 0 Å². The van der Waals surface area contributed by atoms with Crippen molar-refractivity contribution in [3.8, 4) is 0 Å². The van der Waals surface area contributed by atoms with E-state index in [1.54, 1.807) is 36.4 Å². The number of fused-ring (bicyclic) bond motifs is 1. The number of rotatable bonds is 10. The maximum Gasteiger partial charge on any atom is 0.297 e. The number of hydrogen-bond acceptors (Lipinski definition) is 10. The lowest BCUT2D eigenvalue weighted by atomic mass is 9.98. The number of hydrogen-bond donors (Lipinski definition) is 0. The first kappa shape index (κ1) is 32.5. The smallest absolute Gasteiger partial charge is 0.297 e. The van der Waals surface area contributed by atoms with Gasteiger partial charge in [-0.25, -0.2) is 0 Å². The van der Waals surface area contributed by atoms with Crippen molar-refractivity contribution in [2.75, 3.05) is 6.61 Å². The Hall–Kier alpha value is -3.46. The Kier molecular flexibility index (Phi) is 9.69. The average Bonchev–Trinajstić information content (AvgIpc) is 3.06. The number of benzene rings is 4. The molecule has 0 saturated carbocycles. The summed E-state index contributed by atoms with van der Waals surface area (Å²) < 4.78 is 91.2. The molecule has 2 fully saturated rings. The zero-order valence-corrected chi connectivity index (χ0v) is 26.8. The maximum atomic E-state index is 13.7. The van der Waals surface area contributed by atoms with Gasteiger partial charge in [-0.1, -0.05) is 96.1 Å². The molecule has 0 amide bonds. The molecule has 0 radical (unpaired) electrons. The van der Waals surface area contributed by atoms with Crippen LogP contribution in [0.3, 0.4) is 0 Å². The second-order valence-corrected chi connectivity index (χ2v) is 14.3. The highest BCUT2D eigenvalue weighted by molar-refractivity contribution is 7.87. The Labute approximate surface area is 269 Å². The van der Waals surface area contributed by atoms with Crippen LogP contribution in [-0.4, -0.2) is 54.1 Å². The van der Waals surface area contributed by atoms with Crippen LogP contribution in [0.15, 0.2) is 119 Å². The zero-order valence-electron chi connectivity index (χ0n) is 25.2. The van der Waals surface area contributed by atoms with E-state index in [4.69, 9.17) is 27.3 Å². The van der Waals surface area contributed by atoms with Gasteiger partial charge in [0, 0.05) is 5.56 Å². The summed E-state index contributed by atoms with van der Waals surface area (Å²) in [5.41, 5.74) is 3.15. The monoisotopic (exact) mass is 666 g/mol. The molecule has 10 nitrogen and oxygen atoms in total. The molecule has 4 aromatic carbocycles. The fourth-order valence-corrected chi connectivity index (χ4v) is 7.40. The van der Waals surface area contributed by atoms with E-state index < -0.39 is 57.2 Å². The fourth-order valence-electron chi connectivity index (χ4n) is 5.24. The molecular formula is C34H34O10S2. The summed E-state index contributed by atoms with van der Waals surface area (Å²) in [6.07, 6.45) is -7.45. The molecule has 6 rings (SSSR count). The fraction of sp³-hybridized carbons (Fsp3) is 0.294. The molecule has 12 heteroatoms. The van der Waals surface area contributed by atoms with Crippen LogP contribution in [0.25, 0.3) is 0 Å². The molecule has 2 aliphatic rings. The standard InChI is InChI=1S/C34H34O10S2/c1-23-13-17-27(18-14-23)45(35,36)43-31-30-29(22-40-33(42-30)26-11-7-4-8-12-26)41-34(39-21-25-9-5-3-6-10-25)32(31)44-46(37,38)28-19-15-24(2)16-20-28/h3-20,29-34H,21-22H2,1-2H3/t29-,30-,31+,32-,33?,34+/m1/s1. The summed E-state index contributed by atoms with van der Waals surface area (Å²) in [7, 11) is -8.94. The molecule has 0 aliphatic carbocycles. The van der Waals surface area contributed by atoms with Gasteiger partial charge in [-0.3, -0.25) is 8.37 Å². The second kappa shape index (κ2) is 13.7. The van der Waals surface area contributed by atoms with E-state index >= 15 is 0 Å². The Morgan fingerprint density at radius 2 is 1.17 bits per heavy atom. The molecule has 2 saturated heterocycles. The minimum absolute atomic E-state index is 0.0130. The summed E-state index contributed by atoms with van der Waals surface area (Å²) in [5.74, 6) is 0. The van der Waals surface area contributed by atoms with Gasteiger partial charge in [0.2, 0.25) is 0 Å². The molecule has 4 aromatic rings. The highest BCUT2D eigenvalue weighted by Crippen LogP contribution is 2.39. The van der Waals surface area contributed by atoms with Crippen molar-refractivity contribution in [3.63, 3.8) is 0 Å². The van der Waals surface area contributed by atoms with Gasteiger partial charge < -0.3 is 18.9 Å². The van der Waals surface area contributed by atoms with Crippen LogP contribution in [0, 0.1) is 13.8 Å². The first-order chi connectivity index (χ1) is 22.1. The highest BCUT2D eigenvalue weighted by Gasteiger charge is 2.55. The third-order valence-electron chi connectivity index (χ3n) is 7.71. The molecule has 1 unspecified atom stereocenters. The predicted octanol–water partition coefficient (Wildman–Crippen LogP) is 5.21. The SMILES string of the molecule is Cc1ccc(S(=O)(=O)O[C@@H]2[C@@H](OS(=O)(=O)c3ccc(C)cc3)[C@@H](OCc3ccccc3)O[C@@H]3COC(c4ccccc4)O[C@@H]23)cc1. The second-order valence-electron chi connectivity index (χ2n) is 11.2. The highest BCUT2D eigenvalue weighted by atomic mass is 32.2. The molecule has 2 aliphatic heterocycles. The molecule has 6 atom stereocenters. The van der Waals surface area contributed by atoms with E-state index in [-0.39, 0.29) is 23.0 Å². The topological polar surface area (TPSA) is 124 Å². The van der Waals surface area contributed by atoms with Gasteiger partial charge in [0.15, 0.2) is 18.7 Å². The van der Waals surface area contributed by atoms with Crippen LogP contribution in [-0.2, 0) is 54.2 Å². The quantitative estimate of drug-likeness (QED) is 0.209. The molecule has 2 heterocycles. The van der Waals surface area contributed by atoms with Crippen LogP contribution in [0.1, 0.15) is 28.5 Å². The first-order valence-corrected chi connectivity index (χ1v) is 17.5. The lowest BCUT2D eigenvalue weighted by Crippen LogP contribution is -2.64. The first-order valence-electron chi connectivity index (χ1n) is 14.7. The van der Waals surface area contributed by atoms with E-state index in [1.165, 1.54) is 24.3 Å². The summed E-state index contributed by atoms with van der Waals surface area (Å²) in [4.78, 5) is -0.244. The van der Waals surface area contributed by atoms with Crippen molar-refractivity contribution in [1.82, 2.24) is 0 Å². The lowest BCUT2D eigenvalue weighted by Gasteiger charge is -2.48. The largest absolute Gasteiger partial charge is 0.346 e. The summed E-state index contributed by atoms with van der Waals surface area (Å²) in [6, 6.07) is 30.5. The Morgan fingerprint density at radius 3 is 1.74 bits per heavy atom. The van der Waals surface area contributed by atoms with Gasteiger partial charge in [0.05, 0.1) is 23.0 Å². The summed E-state index contributed by atoms with van der Waals surface area (Å²) in [6.45, 7) is 3.65. The average molecular weight is 667 g/mol. The Bertz CT molecular complexity index is 1810. The van der Waals surface area contributed by atoms with E-state index in [0.29, 0.717) is 5.56 Å². The summed E-state index contributed by atoms with van der Waals surface area (Å²) >= 11 is 0. The molecule has 0 spiro atoms. The summed E-state index contributed by atoms with van der Waals surface area (Å²) in [5, 5.41) is 0. The minimum atomic E-state index is -4.48. The molecular weight excluding hydrogens is 632 g/mol. The van der Waals surface area contributed by atoms with Gasteiger partial charge in [-0.05, 0) is 43.7 Å².